The number of carbonyl (C=O) groups excluding carboxylic acids is 2. The summed E-state index contributed by atoms with van der Waals surface area (Å²) in [7, 11) is 1.59. The Morgan fingerprint density at radius 2 is 1.88 bits per heavy atom. The number of methoxy groups -OCH3 is 1. The Morgan fingerprint density at radius 1 is 1.12 bits per heavy atom. The van der Waals surface area contributed by atoms with Gasteiger partial charge < -0.3 is 15.4 Å². The number of nitrogens with one attached hydrogen (secondary N) is 2. The third-order valence-electron chi connectivity index (χ3n) is 4.26. The summed E-state index contributed by atoms with van der Waals surface area (Å²) in [6.45, 7) is 1.93. The van der Waals surface area contributed by atoms with Gasteiger partial charge in [0.05, 0.1) is 7.11 Å². The van der Waals surface area contributed by atoms with Crippen molar-refractivity contribution in [2.75, 3.05) is 17.7 Å². The van der Waals surface area contributed by atoms with Gasteiger partial charge >= 0.3 is 0 Å². The van der Waals surface area contributed by atoms with Crippen LogP contribution in [0.15, 0.2) is 48.5 Å². The molecule has 3 rings (SSSR count). The lowest BCUT2D eigenvalue weighted by molar-refractivity contribution is -0.117. The number of amides is 2. The predicted molar refractivity (Wildman–Crippen MR) is 103 cm³/mol. The van der Waals surface area contributed by atoms with Gasteiger partial charge in [0.15, 0.2) is 0 Å². The smallest absolute Gasteiger partial charge is 0.248 e. The molecular weight excluding hydrogens is 328 g/mol. The van der Waals surface area contributed by atoms with Crippen LogP contribution < -0.4 is 15.4 Å². The second-order valence-electron chi connectivity index (χ2n) is 6.36. The Hall–Kier alpha value is -3.08. The number of hydrogen-bond acceptors (Lipinski definition) is 3. The van der Waals surface area contributed by atoms with Crippen LogP contribution in [-0.2, 0) is 9.59 Å². The highest BCUT2D eigenvalue weighted by molar-refractivity contribution is 6.03. The van der Waals surface area contributed by atoms with Crippen molar-refractivity contribution in [1.29, 1.82) is 0 Å². The molecule has 2 aromatic carbocycles. The molecule has 2 amide bonds. The second kappa shape index (κ2) is 7.87. The van der Waals surface area contributed by atoms with Gasteiger partial charge in [-0.1, -0.05) is 24.3 Å². The largest absolute Gasteiger partial charge is 0.496 e. The van der Waals surface area contributed by atoms with Crippen molar-refractivity contribution < 1.29 is 14.3 Å². The molecule has 1 aliphatic carbocycles. The first-order chi connectivity index (χ1) is 12.6. The summed E-state index contributed by atoms with van der Waals surface area (Å²) in [4.78, 5) is 24.2. The number of benzene rings is 2. The van der Waals surface area contributed by atoms with Gasteiger partial charge in [0, 0.05) is 28.9 Å². The Morgan fingerprint density at radius 3 is 2.62 bits per heavy atom. The number of anilines is 2. The highest BCUT2D eigenvalue weighted by Gasteiger charge is 2.29. The summed E-state index contributed by atoms with van der Waals surface area (Å²) in [6.07, 6.45) is 5.07. The van der Waals surface area contributed by atoms with E-state index in [2.05, 4.69) is 10.6 Å². The Kier molecular flexibility index (Phi) is 5.37. The van der Waals surface area contributed by atoms with Crippen LogP contribution in [0, 0.1) is 12.8 Å². The number of hydrogen-bond donors (Lipinski definition) is 2. The molecule has 5 nitrogen and oxygen atoms in total. The number of ether oxygens (including phenoxy) is 1. The van der Waals surface area contributed by atoms with Crippen LogP contribution in [0.5, 0.6) is 5.75 Å². The monoisotopic (exact) mass is 350 g/mol. The minimum absolute atomic E-state index is 0.0487. The lowest BCUT2D eigenvalue weighted by Crippen LogP contribution is -2.15. The van der Waals surface area contributed by atoms with E-state index in [0.29, 0.717) is 11.4 Å². The maximum Gasteiger partial charge on any atom is 0.248 e. The van der Waals surface area contributed by atoms with E-state index >= 15 is 0 Å². The Bertz CT molecular complexity index is 854. The first-order valence-electron chi connectivity index (χ1n) is 8.60. The van der Waals surface area contributed by atoms with E-state index in [-0.39, 0.29) is 17.7 Å². The maximum absolute atomic E-state index is 12.2. The normalized spacial score (nSPS) is 13.5. The molecule has 26 heavy (non-hydrogen) atoms. The predicted octanol–water partition coefficient (Wildman–Crippen LogP) is 4.00. The van der Waals surface area contributed by atoms with Crippen LogP contribution in [0.3, 0.4) is 0 Å². The van der Waals surface area contributed by atoms with E-state index in [9.17, 15) is 9.59 Å². The first kappa shape index (κ1) is 17.7. The fourth-order valence-corrected chi connectivity index (χ4v) is 2.57. The van der Waals surface area contributed by atoms with Crippen LogP contribution in [0.25, 0.3) is 6.08 Å². The van der Waals surface area contributed by atoms with Crippen molar-refractivity contribution in [3.63, 3.8) is 0 Å². The first-order valence-corrected chi connectivity index (χ1v) is 8.60. The molecule has 0 bridgehead atoms. The number of para-hydroxylation sites is 1. The quantitative estimate of drug-likeness (QED) is 0.774. The van der Waals surface area contributed by atoms with E-state index in [1.54, 1.807) is 19.3 Å². The zero-order chi connectivity index (χ0) is 18.5. The molecular formula is C21H22N2O3. The SMILES string of the molecule is COc1ccccc1/C=C/C(=O)Nc1ccc(C)c(NC(=O)C2CC2)c1. The molecule has 0 heterocycles. The summed E-state index contributed by atoms with van der Waals surface area (Å²) in [6, 6.07) is 12.9. The van der Waals surface area contributed by atoms with Crippen molar-refractivity contribution in [3.8, 4) is 5.75 Å². The molecule has 134 valence electrons. The van der Waals surface area contributed by atoms with Crippen LogP contribution in [0.4, 0.5) is 11.4 Å². The van der Waals surface area contributed by atoms with E-state index in [4.69, 9.17) is 4.74 Å². The number of carbonyl (C=O) groups is 2. The minimum atomic E-state index is -0.251. The minimum Gasteiger partial charge on any atom is -0.496 e. The molecule has 0 saturated heterocycles. The van der Waals surface area contributed by atoms with Crippen molar-refractivity contribution in [2.45, 2.75) is 19.8 Å². The molecule has 0 unspecified atom stereocenters. The summed E-state index contributed by atoms with van der Waals surface area (Å²) in [5, 5.41) is 5.75. The van der Waals surface area contributed by atoms with Crippen LogP contribution in [0.2, 0.25) is 0 Å². The standard InChI is InChI=1S/C21H22N2O3/c1-14-7-11-17(13-18(14)23-21(25)16-8-9-16)22-20(24)12-10-15-5-3-4-6-19(15)26-2/h3-7,10-13,16H,8-9H2,1-2H3,(H,22,24)(H,23,25)/b12-10+. The van der Waals surface area contributed by atoms with Gasteiger partial charge in [-0.25, -0.2) is 0 Å². The van der Waals surface area contributed by atoms with Crippen molar-refractivity contribution in [2.24, 2.45) is 5.92 Å². The van der Waals surface area contributed by atoms with Crippen LogP contribution >= 0.6 is 0 Å². The molecule has 2 N–H and O–H groups in total. The van der Waals surface area contributed by atoms with Gasteiger partial charge in [0.2, 0.25) is 11.8 Å². The fraction of sp³-hybridized carbons (Fsp3) is 0.238. The van der Waals surface area contributed by atoms with Gasteiger partial charge in [-0.15, -0.1) is 0 Å². The molecule has 0 spiro atoms. The molecule has 1 fully saturated rings. The van der Waals surface area contributed by atoms with E-state index < -0.39 is 0 Å². The highest BCUT2D eigenvalue weighted by Crippen LogP contribution is 2.31. The Balaban J connectivity index is 1.67. The molecule has 1 saturated carbocycles. The summed E-state index contributed by atoms with van der Waals surface area (Å²) >= 11 is 0. The second-order valence-corrected chi connectivity index (χ2v) is 6.36. The van der Waals surface area contributed by atoms with Gasteiger partial charge in [-0.05, 0) is 49.6 Å². The van der Waals surface area contributed by atoms with Gasteiger partial charge in [0.1, 0.15) is 5.75 Å². The van der Waals surface area contributed by atoms with Crippen molar-refractivity contribution >= 4 is 29.3 Å². The van der Waals surface area contributed by atoms with Crippen LogP contribution in [0.1, 0.15) is 24.0 Å². The van der Waals surface area contributed by atoms with Gasteiger partial charge in [-0.3, -0.25) is 9.59 Å². The van der Waals surface area contributed by atoms with E-state index in [1.807, 2.05) is 43.3 Å². The molecule has 1 aliphatic rings. The summed E-state index contributed by atoms with van der Waals surface area (Å²) in [5.74, 6) is 0.639. The third kappa shape index (κ3) is 4.51. The van der Waals surface area contributed by atoms with Crippen molar-refractivity contribution in [3.05, 3.63) is 59.7 Å². The fourth-order valence-electron chi connectivity index (χ4n) is 2.57. The molecule has 0 atom stereocenters. The summed E-state index contributed by atoms with van der Waals surface area (Å²) in [5.41, 5.74) is 3.15. The van der Waals surface area contributed by atoms with Crippen LogP contribution in [-0.4, -0.2) is 18.9 Å². The number of rotatable bonds is 6. The number of aryl methyl sites for hydroxylation is 1. The molecule has 0 aromatic heterocycles. The average molecular weight is 350 g/mol. The van der Waals surface area contributed by atoms with Gasteiger partial charge in [0.25, 0.3) is 0 Å². The zero-order valence-electron chi connectivity index (χ0n) is 14.9. The maximum atomic E-state index is 12.2. The topological polar surface area (TPSA) is 67.4 Å². The molecule has 0 radical (unpaired) electrons. The van der Waals surface area contributed by atoms with Gasteiger partial charge in [-0.2, -0.15) is 0 Å². The lowest BCUT2D eigenvalue weighted by atomic mass is 10.1. The zero-order valence-corrected chi connectivity index (χ0v) is 14.9. The van der Waals surface area contributed by atoms with E-state index in [0.717, 1.165) is 29.7 Å². The van der Waals surface area contributed by atoms with Crippen molar-refractivity contribution in [1.82, 2.24) is 0 Å². The molecule has 2 aromatic rings. The average Bonchev–Trinajstić information content (AvgIpc) is 3.48. The third-order valence-corrected chi connectivity index (χ3v) is 4.26. The lowest BCUT2D eigenvalue weighted by Gasteiger charge is -2.11. The van der Waals surface area contributed by atoms with E-state index in [1.165, 1.54) is 6.08 Å². The molecule has 0 aliphatic heterocycles. The summed E-state index contributed by atoms with van der Waals surface area (Å²) < 4.78 is 5.26. The molecule has 5 heteroatoms. The Labute approximate surface area is 153 Å². The highest BCUT2D eigenvalue weighted by atomic mass is 16.5.